The van der Waals surface area contributed by atoms with Crippen molar-refractivity contribution in [3.05, 3.63) is 42.5 Å². The average molecular weight is 453 g/mol. The molecule has 3 amide bonds. The average Bonchev–Trinajstić information content (AvgIpc) is 3.34. The van der Waals surface area contributed by atoms with Gasteiger partial charge in [-0.1, -0.05) is 5.22 Å². The number of nitrogens with zero attached hydrogens (tertiary/aromatic N) is 4. The van der Waals surface area contributed by atoms with E-state index in [0.29, 0.717) is 35.2 Å². The Balaban J connectivity index is 1.46. The van der Waals surface area contributed by atoms with Gasteiger partial charge in [-0.25, -0.2) is 4.90 Å². The second-order valence-electron chi connectivity index (χ2n) is 7.25. The van der Waals surface area contributed by atoms with Crippen LogP contribution in [0.2, 0.25) is 0 Å². The van der Waals surface area contributed by atoms with Crippen molar-refractivity contribution in [2.45, 2.75) is 19.0 Å². The molecule has 1 fully saturated rings. The number of fused-ring (bicyclic) bond motifs is 1. The number of benzene rings is 2. The smallest absolute Gasteiger partial charge is 0.263 e. The molecule has 0 radical (unpaired) electrons. The van der Waals surface area contributed by atoms with Crippen molar-refractivity contribution in [2.24, 2.45) is 10.3 Å². The van der Waals surface area contributed by atoms with Gasteiger partial charge in [0.2, 0.25) is 5.91 Å². The summed E-state index contributed by atoms with van der Waals surface area (Å²) in [5.74, 6) is 0.0979. The Morgan fingerprint density at radius 1 is 1.03 bits per heavy atom. The standard InChI is InChI=1S/C22H23N5O6/c1-4-33-15-8-5-13(6-9-15)23-18(28)12-26-20-19(24-25-26)21(29)27(22(20)30)14-7-10-16(31-2)17(11-14)32-3/h5-11,19-20H,4,12H2,1-3H3,(H,23,28)/t19-,20-/m1/s1. The number of anilines is 2. The second kappa shape index (κ2) is 9.15. The largest absolute Gasteiger partial charge is 0.494 e. The molecule has 0 spiro atoms. The Bertz CT molecular complexity index is 1100. The van der Waals surface area contributed by atoms with E-state index in [-0.39, 0.29) is 6.54 Å². The lowest BCUT2D eigenvalue weighted by molar-refractivity contribution is -0.123. The fourth-order valence-electron chi connectivity index (χ4n) is 3.72. The van der Waals surface area contributed by atoms with Crippen molar-refractivity contribution in [1.82, 2.24) is 5.01 Å². The van der Waals surface area contributed by atoms with Crippen molar-refractivity contribution in [2.75, 3.05) is 37.6 Å². The fraction of sp³-hybridized carbons (Fsp3) is 0.318. The van der Waals surface area contributed by atoms with Crippen molar-refractivity contribution in [3.8, 4) is 17.2 Å². The Labute approximate surface area is 189 Å². The van der Waals surface area contributed by atoms with Gasteiger partial charge >= 0.3 is 0 Å². The van der Waals surface area contributed by atoms with Crippen molar-refractivity contribution in [1.29, 1.82) is 0 Å². The van der Waals surface area contributed by atoms with E-state index < -0.39 is 29.8 Å². The van der Waals surface area contributed by atoms with Crippen LogP contribution in [0.1, 0.15) is 6.92 Å². The van der Waals surface area contributed by atoms with E-state index in [1.54, 1.807) is 36.4 Å². The molecule has 0 unspecified atom stereocenters. The van der Waals surface area contributed by atoms with Gasteiger partial charge in [-0.15, -0.1) is 0 Å². The molecule has 172 valence electrons. The summed E-state index contributed by atoms with van der Waals surface area (Å²) in [5, 5.41) is 11.8. The van der Waals surface area contributed by atoms with E-state index in [0.717, 1.165) is 4.90 Å². The van der Waals surface area contributed by atoms with Gasteiger partial charge in [0.25, 0.3) is 11.8 Å². The minimum Gasteiger partial charge on any atom is -0.494 e. The van der Waals surface area contributed by atoms with Gasteiger partial charge in [0.15, 0.2) is 23.6 Å². The van der Waals surface area contributed by atoms with Crippen LogP contribution in [-0.2, 0) is 14.4 Å². The molecule has 11 nitrogen and oxygen atoms in total. The maximum absolute atomic E-state index is 13.1. The van der Waals surface area contributed by atoms with Crippen LogP contribution in [0, 0.1) is 0 Å². The summed E-state index contributed by atoms with van der Waals surface area (Å²) in [7, 11) is 2.95. The van der Waals surface area contributed by atoms with Crippen LogP contribution in [0.3, 0.4) is 0 Å². The molecular formula is C22H23N5O6. The second-order valence-corrected chi connectivity index (χ2v) is 7.25. The molecule has 0 saturated carbocycles. The Morgan fingerprint density at radius 3 is 2.42 bits per heavy atom. The molecule has 1 saturated heterocycles. The van der Waals surface area contributed by atoms with Gasteiger partial charge in [-0.3, -0.25) is 19.4 Å². The number of rotatable bonds is 8. The number of hydrogen-bond donors (Lipinski definition) is 1. The maximum atomic E-state index is 13.1. The molecule has 2 aromatic rings. The maximum Gasteiger partial charge on any atom is 0.263 e. The minimum absolute atomic E-state index is 0.239. The number of nitrogens with one attached hydrogen (secondary N) is 1. The molecule has 0 aliphatic carbocycles. The predicted octanol–water partition coefficient (Wildman–Crippen LogP) is 2.03. The highest BCUT2D eigenvalue weighted by molar-refractivity contribution is 6.25. The molecule has 33 heavy (non-hydrogen) atoms. The normalized spacial score (nSPS) is 19.0. The van der Waals surface area contributed by atoms with Crippen LogP contribution >= 0.6 is 0 Å². The van der Waals surface area contributed by atoms with E-state index in [1.165, 1.54) is 25.3 Å². The first-order valence-electron chi connectivity index (χ1n) is 10.3. The van der Waals surface area contributed by atoms with Crippen LogP contribution in [-0.4, -0.2) is 62.2 Å². The van der Waals surface area contributed by atoms with Gasteiger partial charge in [0.1, 0.15) is 12.3 Å². The Morgan fingerprint density at radius 2 is 1.76 bits per heavy atom. The van der Waals surface area contributed by atoms with Gasteiger partial charge in [-0.05, 0) is 43.3 Å². The number of carbonyl (C=O) groups is 3. The number of methoxy groups -OCH3 is 2. The van der Waals surface area contributed by atoms with E-state index >= 15 is 0 Å². The number of amides is 3. The lowest BCUT2D eigenvalue weighted by Gasteiger charge is -2.20. The van der Waals surface area contributed by atoms with E-state index in [9.17, 15) is 14.4 Å². The highest BCUT2D eigenvalue weighted by Crippen LogP contribution is 2.36. The van der Waals surface area contributed by atoms with E-state index in [4.69, 9.17) is 14.2 Å². The molecule has 11 heteroatoms. The zero-order valence-electron chi connectivity index (χ0n) is 18.3. The highest BCUT2D eigenvalue weighted by Gasteiger charge is 2.55. The molecule has 2 aliphatic rings. The minimum atomic E-state index is -1.01. The van der Waals surface area contributed by atoms with E-state index in [2.05, 4.69) is 15.7 Å². The van der Waals surface area contributed by atoms with Gasteiger partial charge in [0.05, 0.1) is 26.5 Å². The number of hydrogen-bond acceptors (Lipinski definition) is 9. The molecule has 1 N–H and O–H groups in total. The first-order chi connectivity index (χ1) is 16.0. The van der Waals surface area contributed by atoms with Gasteiger partial charge in [-0.2, -0.15) is 5.11 Å². The topological polar surface area (TPSA) is 122 Å². The highest BCUT2D eigenvalue weighted by atomic mass is 16.5. The van der Waals surface area contributed by atoms with Gasteiger partial charge in [0, 0.05) is 11.8 Å². The summed E-state index contributed by atoms with van der Waals surface area (Å²) in [6, 6.07) is 9.62. The molecular weight excluding hydrogens is 430 g/mol. The summed E-state index contributed by atoms with van der Waals surface area (Å²) < 4.78 is 15.8. The Hall–Kier alpha value is -4.15. The molecule has 2 heterocycles. The SMILES string of the molecule is CCOc1ccc(NC(=O)CN2N=N[C@H]3C(=O)N(c4ccc(OC)c(OC)c4)C(=O)[C@@H]32)cc1. The number of ether oxygens (including phenoxy) is 3. The number of carbonyl (C=O) groups excluding carboxylic acids is 3. The van der Waals surface area contributed by atoms with Crippen LogP contribution in [0.5, 0.6) is 17.2 Å². The summed E-state index contributed by atoms with van der Waals surface area (Å²) in [4.78, 5) is 39.6. The quantitative estimate of drug-likeness (QED) is 0.607. The molecule has 2 aromatic carbocycles. The summed E-state index contributed by atoms with van der Waals surface area (Å²) in [5.41, 5.74) is 0.892. The Kier molecular flexibility index (Phi) is 6.11. The molecule has 0 bridgehead atoms. The summed E-state index contributed by atoms with van der Waals surface area (Å²) in [6.45, 7) is 2.19. The zero-order chi connectivity index (χ0) is 23.5. The first kappa shape index (κ1) is 22.1. The lowest BCUT2D eigenvalue weighted by atomic mass is 10.1. The predicted molar refractivity (Wildman–Crippen MR) is 117 cm³/mol. The number of imide groups is 1. The third-order valence-electron chi connectivity index (χ3n) is 5.24. The van der Waals surface area contributed by atoms with Crippen molar-refractivity contribution < 1.29 is 28.6 Å². The van der Waals surface area contributed by atoms with Crippen LogP contribution in [0.25, 0.3) is 0 Å². The molecule has 0 aromatic heterocycles. The fourth-order valence-corrected chi connectivity index (χ4v) is 3.72. The molecule has 4 rings (SSSR count). The van der Waals surface area contributed by atoms with Crippen LogP contribution in [0.15, 0.2) is 52.8 Å². The molecule has 2 aliphatic heterocycles. The van der Waals surface area contributed by atoms with Crippen LogP contribution in [0.4, 0.5) is 11.4 Å². The monoisotopic (exact) mass is 453 g/mol. The third-order valence-corrected chi connectivity index (χ3v) is 5.24. The van der Waals surface area contributed by atoms with Crippen molar-refractivity contribution >= 4 is 29.1 Å². The zero-order valence-corrected chi connectivity index (χ0v) is 18.3. The first-order valence-corrected chi connectivity index (χ1v) is 10.3. The lowest BCUT2D eigenvalue weighted by Crippen LogP contribution is -2.43. The summed E-state index contributed by atoms with van der Waals surface area (Å²) in [6.07, 6.45) is 0. The molecule has 2 atom stereocenters. The third kappa shape index (κ3) is 4.16. The summed E-state index contributed by atoms with van der Waals surface area (Å²) >= 11 is 0. The van der Waals surface area contributed by atoms with Crippen LogP contribution < -0.4 is 24.4 Å². The van der Waals surface area contributed by atoms with Gasteiger partial charge < -0.3 is 19.5 Å². The van der Waals surface area contributed by atoms with E-state index in [1.807, 2.05) is 6.92 Å². The van der Waals surface area contributed by atoms with Crippen molar-refractivity contribution in [3.63, 3.8) is 0 Å².